The van der Waals surface area contributed by atoms with Crippen molar-refractivity contribution in [3.8, 4) is 5.75 Å². The molecule has 0 atom stereocenters. The van der Waals surface area contributed by atoms with Crippen molar-refractivity contribution in [1.29, 1.82) is 0 Å². The third kappa shape index (κ3) is 5.04. The first-order chi connectivity index (χ1) is 8.50. The molecule has 6 heteroatoms. The lowest BCUT2D eigenvalue weighted by Gasteiger charge is -2.10. The van der Waals surface area contributed by atoms with Gasteiger partial charge < -0.3 is 19.5 Å². The van der Waals surface area contributed by atoms with Crippen LogP contribution >= 0.6 is 0 Å². The van der Waals surface area contributed by atoms with Gasteiger partial charge in [-0.3, -0.25) is 0 Å². The van der Waals surface area contributed by atoms with Crippen molar-refractivity contribution in [3.05, 3.63) is 24.0 Å². The number of hydrogen-bond acceptors (Lipinski definition) is 4. The summed E-state index contributed by atoms with van der Waals surface area (Å²) in [6.07, 6.45) is 0. The second-order valence-corrected chi connectivity index (χ2v) is 4.38. The van der Waals surface area contributed by atoms with Crippen molar-refractivity contribution >= 4 is 12.6 Å². The number of halogens is 1. The van der Waals surface area contributed by atoms with E-state index in [1.807, 2.05) is 13.8 Å². The van der Waals surface area contributed by atoms with E-state index in [2.05, 4.69) is 0 Å². The minimum Gasteiger partial charge on any atom is -0.488 e. The zero-order valence-electron chi connectivity index (χ0n) is 10.6. The van der Waals surface area contributed by atoms with Crippen LogP contribution in [0.2, 0.25) is 0 Å². The van der Waals surface area contributed by atoms with Gasteiger partial charge in [0.25, 0.3) is 0 Å². The summed E-state index contributed by atoms with van der Waals surface area (Å²) in [7, 11) is -1.63. The summed E-state index contributed by atoms with van der Waals surface area (Å²) in [4.78, 5) is 0. The molecule has 0 amide bonds. The molecule has 0 saturated carbocycles. The molecule has 0 radical (unpaired) electrons. The molecular formula is C12H18BFO4. The van der Waals surface area contributed by atoms with Crippen LogP contribution in [-0.2, 0) is 4.74 Å². The molecule has 18 heavy (non-hydrogen) atoms. The first-order valence-corrected chi connectivity index (χ1v) is 5.87. The highest BCUT2D eigenvalue weighted by Crippen LogP contribution is 2.14. The monoisotopic (exact) mass is 256 g/mol. The predicted molar refractivity (Wildman–Crippen MR) is 67.4 cm³/mol. The van der Waals surface area contributed by atoms with Gasteiger partial charge in [-0.15, -0.1) is 0 Å². The number of ether oxygens (including phenoxy) is 2. The zero-order valence-corrected chi connectivity index (χ0v) is 10.6. The number of hydrogen-bond donors (Lipinski definition) is 2. The molecule has 0 unspecified atom stereocenters. The fourth-order valence-corrected chi connectivity index (χ4v) is 1.32. The molecule has 4 nitrogen and oxygen atoms in total. The van der Waals surface area contributed by atoms with Gasteiger partial charge in [0.05, 0.1) is 6.61 Å². The van der Waals surface area contributed by atoms with Gasteiger partial charge in [0.2, 0.25) is 0 Å². The fourth-order valence-electron chi connectivity index (χ4n) is 1.32. The van der Waals surface area contributed by atoms with Crippen LogP contribution in [0.25, 0.3) is 0 Å². The summed E-state index contributed by atoms with van der Waals surface area (Å²) in [6, 6.07) is 3.70. The molecule has 0 heterocycles. The highest BCUT2D eigenvalue weighted by atomic mass is 19.1. The van der Waals surface area contributed by atoms with Crippen LogP contribution in [0.15, 0.2) is 18.2 Å². The highest BCUT2D eigenvalue weighted by Gasteiger charge is 2.14. The number of benzene rings is 1. The van der Waals surface area contributed by atoms with Crippen molar-refractivity contribution in [3.63, 3.8) is 0 Å². The van der Waals surface area contributed by atoms with E-state index < -0.39 is 12.9 Å². The summed E-state index contributed by atoms with van der Waals surface area (Å²) < 4.78 is 23.8. The van der Waals surface area contributed by atoms with E-state index in [4.69, 9.17) is 19.5 Å². The van der Waals surface area contributed by atoms with Crippen LogP contribution in [0, 0.1) is 11.7 Å². The Bertz CT molecular complexity index is 371. The third-order valence-corrected chi connectivity index (χ3v) is 2.19. The largest absolute Gasteiger partial charge is 0.488 e. The molecular weight excluding hydrogens is 238 g/mol. The summed E-state index contributed by atoms with van der Waals surface area (Å²) in [5, 5.41) is 17.9. The molecule has 0 aromatic heterocycles. The maximum Gasteiger partial charge on any atom is 0.488 e. The predicted octanol–water partition coefficient (Wildman–Crippen LogP) is 0.557. The van der Waals surface area contributed by atoms with Crippen LogP contribution in [0.5, 0.6) is 5.75 Å². The maximum absolute atomic E-state index is 13.3. The normalized spacial score (nSPS) is 10.8. The average Bonchev–Trinajstić information content (AvgIpc) is 2.30. The third-order valence-electron chi connectivity index (χ3n) is 2.19. The minimum absolute atomic E-state index is 0.00579. The summed E-state index contributed by atoms with van der Waals surface area (Å²) >= 11 is 0. The SMILES string of the molecule is CC(C)COCCOc1cc(B(O)O)ccc1F. The molecule has 2 N–H and O–H groups in total. The molecule has 0 saturated heterocycles. The first-order valence-electron chi connectivity index (χ1n) is 5.87. The fraction of sp³-hybridized carbons (Fsp3) is 0.500. The van der Waals surface area contributed by atoms with Gasteiger partial charge in [0, 0.05) is 6.61 Å². The molecule has 0 aliphatic rings. The minimum atomic E-state index is -1.63. The van der Waals surface area contributed by atoms with Crippen LogP contribution in [-0.4, -0.2) is 37.0 Å². The molecule has 0 aliphatic carbocycles. The van der Waals surface area contributed by atoms with Gasteiger partial charge in [0.1, 0.15) is 6.61 Å². The Hall–Kier alpha value is -1.11. The topological polar surface area (TPSA) is 58.9 Å². The van der Waals surface area contributed by atoms with Crippen molar-refractivity contribution < 1.29 is 23.9 Å². The smallest absolute Gasteiger partial charge is 0.488 e. The quantitative estimate of drug-likeness (QED) is 0.552. The second-order valence-electron chi connectivity index (χ2n) is 4.38. The molecule has 1 aromatic rings. The lowest BCUT2D eigenvalue weighted by Crippen LogP contribution is -2.30. The van der Waals surface area contributed by atoms with E-state index in [9.17, 15) is 4.39 Å². The van der Waals surface area contributed by atoms with Gasteiger partial charge in [-0.05, 0) is 23.5 Å². The number of rotatable bonds is 7. The van der Waals surface area contributed by atoms with Crippen LogP contribution in [0.1, 0.15) is 13.8 Å². The Morgan fingerprint density at radius 1 is 1.28 bits per heavy atom. The Morgan fingerprint density at radius 2 is 2.00 bits per heavy atom. The van der Waals surface area contributed by atoms with Gasteiger partial charge in [-0.1, -0.05) is 19.9 Å². The van der Waals surface area contributed by atoms with E-state index in [0.717, 1.165) is 6.07 Å². The average molecular weight is 256 g/mol. The maximum atomic E-state index is 13.3. The zero-order chi connectivity index (χ0) is 13.5. The van der Waals surface area contributed by atoms with E-state index >= 15 is 0 Å². The Kier molecular flexibility index (Phi) is 6.11. The van der Waals surface area contributed by atoms with E-state index in [1.165, 1.54) is 12.1 Å². The van der Waals surface area contributed by atoms with Crippen LogP contribution in [0.3, 0.4) is 0 Å². The van der Waals surface area contributed by atoms with Gasteiger partial charge in [-0.25, -0.2) is 4.39 Å². The van der Waals surface area contributed by atoms with E-state index in [-0.39, 0.29) is 17.8 Å². The summed E-state index contributed by atoms with van der Waals surface area (Å²) in [5.74, 6) is -0.105. The van der Waals surface area contributed by atoms with Gasteiger partial charge >= 0.3 is 7.12 Å². The molecule has 1 rings (SSSR count). The Labute approximate surface area is 106 Å². The van der Waals surface area contributed by atoms with Gasteiger partial charge in [0.15, 0.2) is 11.6 Å². The lowest BCUT2D eigenvalue weighted by atomic mass is 9.80. The Morgan fingerprint density at radius 3 is 2.61 bits per heavy atom. The summed E-state index contributed by atoms with van der Waals surface area (Å²) in [6.45, 7) is 5.28. The Balaban J connectivity index is 2.43. The van der Waals surface area contributed by atoms with Crippen molar-refractivity contribution in [1.82, 2.24) is 0 Å². The van der Waals surface area contributed by atoms with Crippen molar-refractivity contribution in [2.75, 3.05) is 19.8 Å². The van der Waals surface area contributed by atoms with Crippen molar-refractivity contribution in [2.24, 2.45) is 5.92 Å². The highest BCUT2D eigenvalue weighted by molar-refractivity contribution is 6.58. The second kappa shape index (κ2) is 7.36. The molecule has 100 valence electrons. The van der Waals surface area contributed by atoms with E-state index in [0.29, 0.717) is 19.1 Å². The van der Waals surface area contributed by atoms with Crippen molar-refractivity contribution in [2.45, 2.75) is 13.8 Å². The summed E-state index contributed by atoms with van der Waals surface area (Å²) in [5.41, 5.74) is 0.189. The molecule has 0 fully saturated rings. The molecule has 1 aromatic carbocycles. The first kappa shape index (κ1) is 15.0. The van der Waals surface area contributed by atoms with Crippen LogP contribution in [0.4, 0.5) is 4.39 Å². The molecule has 0 aliphatic heterocycles. The lowest BCUT2D eigenvalue weighted by molar-refractivity contribution is 0.0808. The van der Waals surface area contributed by atoms with E-state index in [1.54, 1.807) is 0 Å². The molecule has 0 spiro atoms. The molecule has 0 bridgehead atoms. The van der Waals surface area contributed by atoms with Crippen LogP contribution < -0.4 is 10.2 Å². The van der Waals surface area contributed by atoms with Gasteiger partial charge in [-0.2, -0.15) is 0 Å². The standard InChI is InChI=1S/C12H18BFO4/c1-9(2)8-17-5-6-18-12-7-10(13(15)16)3-4-11(12)14/h3-4,7,9,15-16H,5-6,8H2,1-2H3.